The number of aliphatic hydroxyl groups is 1. The van der Waals surface area contributed by atoms with Crippen molar-refractivity contribution in [1.29, 1.82) is 0 Å². The summed E-state index contributed by atoms with van der Waals surface area (Å²) >= 11 is 0. The third-order valence-corrected chi connectivity index (χ3v) is 4.71. The Hall–Kier alpha value is -1.95. The van der Waals surface area contributed by atoms with Crippen LogP contribution in [0, 0.1) is 5.82 Å². The molecule has 0 spiro atoms. The molecule has 1 fully saturated rings. The second-order valence-electron chi connectivity index (χ2n) is 6.77. The van der Waals surface area contributed by atoms with E-state index in [0.717, 1.165) is 49.4 Å². The molecule has 2 aromatic carbocycles. The van der Waals surface area contributed by atoms with Crippen molar-refractivity contribution in [1.82, 2.24) is 10.2 Å². The minimum atomic E-state index is -0.123. The Morgan fingerprint density at radius 1 is 1.19 bits per heavy atom. The van der Waals surface area contributed by atoms with Gasteiger partial charge in [-0.15, -0.1) is 0 Å². The minimum absolute atomic E-state index is 0.0163. The van der Waals surface area contributed by atoms with E-state index in [4.69, 9.17) is 9.84 Å². The number of rotatable bonds is 8. The van der Waals surface area contributed by atoms with E-state index in [1.54, 1.807) is 6.07 Å². The zero-order valence-electron chi connectivity index (χ0n) is 15.0. The van der Waals surface area contributed by atoms with E-state index < -0.39 is 0 Å². The summed E-state index contributed by atoms with van der Waals surface area (Å²) in [6.07, 6.45) is 2.25. The van der Waals surface area contributed by atoms with Crippen molar-refractivity contribution in [2.75, 3.05) is 26.3 Å². The van der Waals surface area contributed by atoms with Crippen molar-refractivity contribution >= 4 is 0 Å². The first-order valence-corrected chi connectivity index (χ1v) is 9.26. The Bertz CT molecular complexity index is 695. The maximum Gasteiger partial charge on any atom is 0.127 e. The minimum Gasteiger partial charge on any atom is -0.491 e. The molecule has 140 valence electrons. The first kappa shape index (κ1) is 18.8. The zero-order valence-corrected chi connectivity index (χ0v) is 15.0. The van der Waals surface area contributed by atoms with Gasteiger partial charge in [0, 0.05) is 31.2 Å². The van der Waals surface area contributed by atoms with Crippen molar-refractivity contribution < 1.29 is 14.2 Å². The molecule has 0 bridgehead atoms. The highest BCUT2D eigenvalue weighted by Gasteiger charge is 2.20. The largest absolute Gasteiger partial charge is 0.491 e. The first-order valence-electron chi connectivity index (χ1n) is 9.26. The van der Waals surface area contributed by atoms with Crippen LogP contribution in [0.15, 0.2) is 48.5 Å². The van der Waals surface area contributed by atoms with Crippen LogP contribution in [0.4, 0.5) is 4.39 Å². The van der Waals surface area contributed by atoms with Gasteiger partial charge in [-0.05, 0) is 43.1 Å². The molecular weight excluding hydrogens is 331 g/mol. The molecule has 0 saturated carbocycles. The van der Waals surface area contributed by atoms with Crippen LogP contribution in [0.5, 0.6) is 5.75 Å². The van der Waals surface area contributed by atoms with Crippen LogP contribution < -0.4 is 10.1 Å². The summed E-state index contributed by atoms with van der Waals surface area (Å²) in [5.41, 5.74) is 1.92. The summed E-state index contributed by atoms with van der Waals surface area (Å²) in [5.74, 6) is 0.658. The predicted molar refractivity (Wildman–Crippen MR) is 101 cm³/mol. The first-order chi connectivity index (χ1) is 12.7. The molecule has 0 amide bonds. The normalized spacial score (nSPS) is 18.0. The van der Waals surface area contributed by atoms with Crippen molar-refractivity contribution in [2.24, 2.45) is 0 Å². The van der Waals surface area contributed by atoms with Gasteiger partial charge in [-0.3, -0.25) is 4.90 Å². The van der Waals surface area contributed by atoms with Gasteiger partial charge in [0.2, 0.25) is 0 Å². The quantitative estimate of drug-likeness (QED) is 0.762. The Labute approximate surface area is 154 Å². The second-order valence-corrected chi connectivity index (χ2v) is 6.77. The molecule has 1 atom stereocenters. The Balaban J connectivity index is 1.50. The molecule has 26 heavy (non-hydrogen) atoms. The molecule has 5 heteroatoms. The van der Waals surface area contributed by atoms with Gasteiger partial charge >= 0.3 is 0 Å². The van der Waals surface area contributed by atoms with Crippen molar-refractivity contribution in [3.63, 3.8) is 0 Å². The molecule has 1 saturated heterocycles. The number of piperidine rings is 1. The van der Waals surface area contributed by atoms with E-state index in [9.17, 15) is 4.39 Å². The summed E-state index contributed by atoms with van der Waals surface area (Å²) < 4.78 is 19.3. The number of benzene rings is 2. The maximum atomic E-state index is 13.9. The Morgan fingerprint density at radius 3 is 2.92 bits per heavy atom. The van der Waals surface area contributed by atoms with Gasteiger partial charge in [-0.25, -0.2) is 4.39 Å². The molecule has 0 unspecified atom stereocenters. The van der Waals surface area contributed by atoms with E-state index in [0.29, 0.717) is 19.2 Å². The topological polar surface area (TPSA) is 44.7 Å². The van der Waals surface area contributed by atoms with Crippen LogP contribution in [0.2, 0.25) is 0 Å². The van der Waals surface area contributed by atoms with E-state index in [1.807, 2.05) is 30.3 Å². The van der Waals surface area contributed by atoms with Crippen molar-refractivity contribution in [3.8, 4) is 5.75 Å². The fourth-order valence-electron chi connectivity index (χ4n) is 3.40. The third-order valence-electron chi connectivity index (χ3n) is 4.71. The molecule has 3 rings (SSSR count). The van der Waals surface area contributed by atoms with Gasteiger partial charge in [0.05, 0.1) is 6.61 Å². The van der Waals surface area contributed by atoms with Gasteiger partial charge in [-0.2, -0.15) is 0 Å². The molecular formula is C21H27FN2O2. The molecule has 4 nitrogen and oxygen atoms in total. The molecule has 1 heterocycles. The number of likely N-dealkylation sites (tertiary alicyclic amines) is 1. The molecule has 2 N–H and O–H groups in total. The lowest BCUT2D eigenvalue weighted by Crippen LogP contribution is -2.45. The van der Waals surface area contributed by atoms with Gasteiger partial charge in [0.25, 0.3) is 0 Å². The van der Waals surface area contributed by atoms with Crippen molar-refractivity contribution in [2.45, 2.75) is 32.0 Å². The van der Waals surface area contributed by atoms with Crippen LogP contribution in [-0.4, -0.2) is 42.4 Å². The highest BCUT2D eigenvalue weighted by Crippen LogP contribution is 2.17. The third kappa shape index (κ3) is 5.53. The molecule has 1 aliphatic heterocycles. The van der Waals surface area contributed by atoms with Crippen LogP contribution in [-0.2, 0) is 13.1 Å². The lowest BCUT2D eigenvalue weighted by Gasteiger charge is -2.33. The van der Waals surface area contributed by atoms with E-state index in [1.165, 1.54) is 6.07 Å². The lowest BCUT2D eigenvalue weighted by atomic mass is 10.0. The monoisotopic (exact) mass is 358 g/mol. The van der Waals surface area contributed by atoms with Crippen molar-refractivity contribution in [3.05, 3.63) is 65.5 Å². The molecule has 0 aromatic heterocycles. The summed E-state index contributed by atoms with van der Waals surface area (Å²) in [4.78, 5) is 2.32. The SMILES string of the molecule is OCCOc1cccc(CN[C@@H]2CCCN(Cc3ccccc3F)C2)c1. The average Bonchev–Trinajstić information content (AvgIpc) is 2.67. The number of aliphatic hydroxyl groups excluding tert-OH is 1. The summed E-state index contributed by atoms with van der Waals surface area (Å²) in [6, 6.07) is 15.4. The summed E-state index contributed by atoms with van der Waals surface area (Å²) in [5, 5.41) is 12.5. The van der Waals surface area contributed by atoms with E-state index >= 15 is 0 Å². The number of hydrogen-bond donors (Lipinski definition) is 2. The maximum absolute atomic E-state index is 13.9. The average molecular weight is 358 g/mol. The van der Waals surface area contributed by atoms with Gasteiger partial charge in [0.1, 0.15) is 18.2 Å². The predicted octanol–water partition coefficient (Wildman–Crippen LogP) is 2.95. The number of hydrogen-bond acceptors (Lipinski definition) is 4. The van der Waals surface area contributed by atoms with Crippen LogP contribution in [0.1, 0.15) is 24.0 Å². The summed E-state index contributed by atoms with van der Waals surface area (Å²) in [7, 11) is 0. The fourth-order valence-corrected chi connectivity index (χ4v) is 3.40. The van der Waals surface area contributed by atoms with E-state index in [-0.39, 0.29) is 12.4 Å². The van der Waals surface area contributed by atoms with Crippen LogP contribution in [0.25, 0.3) is 0 Å². The number of halogens is 1. The molecule has 0 radical (unpaired) electrons. The Kier molecular flexibility index (Phi) is 7.00. The highest BCUT2D eigenvalue weighted by atomic mass is 19.1. The standard InChI is InChI=1S/C21H27FN2O2/c22-21-9-2-1-6-18(21)15-24-10-4-7-19(16-24)23-14-17-5-3-8-20(13-17)26-12-11-25/h1-3,5-6,8-9,13,19,23,25H,4,7,10-12,14-16H2/t19-/m1/s1. The zero-order chi connectivity index (χ0) is 18.2. The van der Waals surface area contributed by atoms with Gasteiger partial charge in [0.15, 0.2) is 0 Å². The van der Waals surface area contributed by atoms with Gasteiger partial charge < -0.3 is 15.2 Å². The van der Waals surface area contributed by atoms with Gasteiger partial charge in [-0.1, -0.05) is 30.3 Å². The second kappa shape index (κ2) is 9.67. The smallest absolute Gasteiger partial charge is 0.127 e. The lowest BCUT2D eigenvalue weighted by molar-refractivity contribution is 0.181. The Morgan fingerprint density at radius 2 is 2.08 bits per heavy atom. The van der Waals surface area contributed by atoms with Crippen LogP contribution in [0.3, 0.4) is 0 Å². The highest BCUT2D eigenvalue weighted by molar-refractivity contribution is 5.28. The molecule has 1 aliphatic rings. The summed E-state index contributed by atoms with van der Waals surface area (Å²) in [6.45, 7) is 3.70. The number of nitrogens with one attached hydrogen (secondary N) is 1. The fraction of sp³-hybridized carbons (Fsp3) is 0.429. The van der Waals surface area contributed by atoms with E-state index in [2.05, 4.69) is 16.3 Å². The number of nitrogens with zero attached hydrogens (tertiary/aromatic N) is 1. The number of ether oxygens (including phenoxy) is 1. The molecule has 2 aromatic rings. The molecule has 0 aliphatic carbocycles. The van der Waals surface area contributed by atoms with Crippen LogP contribution >= 0.6 is 0 Å².